The molecule has 0 saturated carbocycles. The number of aryl methyl sites for hydroxylation is 2. The maximum Gasteiger partial charge on any atom is 0.325 e. The van der Waals surface area contributed by atoms with Crippen LogP contribution in [-0.4, -0.2) is 11.0 Å². The van der Waals surface area contributed by atoms with Crippen molar-refractivity contribution in [2.24, 2.45) is 0 Å². The van der Waals surface area contributed by atoms with Gasteiger partial charge in [-0.2, -0.15) is 0 Å². The number of hydrogen-bond acceptors (Lipinski definition) is 3. The van der Waals surface area contributed by atoms with Gasteiger partial charge in [0.15, 0.2) is 5.13 Å². The second-order valence-electron chi connectivity index (χ2n) is 5.75. The minimum Gasteiger partial charge on any atom is -0.308 e. The summed E-state index contributed by atoms with van der Waals surface area (Å²) >= 11 is 1.57. The topological polar surface area (TPSA) is 54.0 Å². The number of aromatic nitrogens is 1. The molecule has 4 rings (SSSR count). The van der Waals surface area contributed by atoms with Gasteiger partial charge in [-0.25, -0.2) is 9.78 Å². The Bertz CT molecular complexity index is 873. The quantitative estimate of drug-likeness (QED) is 0.697. The highest BCUT2D eigenvalue weighted by molar-refractivity contribution is 7.16. The molecule has 3 aromatic rings. The molecule has 0 aliphatic heterocycles. The van der Waals surface area contributed by atoms with Crippen LogP contribution in [0.2, 0.25) is 0 Å². The molecule has 0 saturated heterocycles. The summed E-state index contributed by atoms with van der Waals surface area (Å²) in [7, 11) is 0. The van der Waals surface area contributed by atoms with Crippen molar-refractivity contribution in [3.8, 4) is 11.3 Å². The third-order valence-corrected chi connectivity index (χ3v) is 5.10. The molecule has 2 N–H and O–H groups in total. The lowest BCUT2D eigenvalue weighted by Gasteiger charge is -2.05. The van der Waals surface area contributed by atoms with Gasteiger partial charge in [0.25, 0.3) is 0 Å². The molecule has 1 aromatic heterocycles. The Morgan fingerprint density at radius 1 is 0.958 bits per heavy atom. The smallest absolute Gasteiger partial charge is 0.308 e. The van der Waals surface area contributed by atoms with Gasteiger partial charge in [-0.05, 0) is 37.0 Å². The Hall–Kier alpha value is -2.66. The monoisotopic (exact) mass is 335 g/mol. The minimum atomic E-state index is -0.265. The van der Waals surface area contributed by atoms with E-state index in [9.17, 15) is 4.79 Å². The van der Waals surface area contributed by atoms with Crippen molar-refractivity contribution >= 4 is 28.2 Å². The van der Waals surface area contributed by atoms with Crippen LogP contribution in [-0.2, 0) is 12.8 Å². The number of hydrogen-bond donors (Lipinski definition) is 2. The first-order valence-electron chi connectivity index (χ1n) is 8.00. The highest BCUT2D eigenvalue weighted by Crippen LogP contribution is 2.37. The number of nitrogens with one attached hydrogen (secondary N) is 2. The molecule has 0 unspecified atom stereocenters. The Balaban J connectivity index is 1.56. The summed E-state index contributed by atoms with van der Waals surface area (Å²) in [5.74, 6) is 0. The number of thiazole rings is 1. The molecule has 0 atom stereocenters. The Morgan fingerprint density at radius 2 is 1.75 bits per heavy atom. The Morgan fingerprint density at radius 3 is 2.62 bits per heavy atom. The van der Waals surface area contributed by atoms with E-state index in [1.165, 1.54) is 16.0 Å². The molecule has 0 bridgehead atoms. The molecular formula is C19H17N3OS. The zero-order valence-corrected chi connectivity index (χ0v) is 13.9. The molecule has 1 aliphatic rings. The summed E-state index contributed by atoms with van der Waals surface area (Å²) in [6, 6.07) is 17.5. The summed E-state index contributed by atoms with van der Waals surface area (Å²) in [4.78, 5) is 18.1. The van der Waals surface area contributed by atoms with Crippen molar-refractivity contribution in [1.29, 1.82) is 0 Å². The van der Waals surface area contributed by atoms with Crippen molar-refractivity contribution < 1.29 is 4.79 Å². The van der Waals surface area contributed by atoms with Gasteiger partial charge in [0.1, 0.15) is 0 Å². The van der Waals surface area contributed by atoms with Crippen LogP contribution in [0.3, 0.4) is 0 Å². The van der Waals surface area contributed by atoms with Crippen molar-refractivity contribution in [3.05, 3.63) is 65.0 Å². The third-order valence-electron chi connectivity index (χ3n) is 4.07. The summed E-state index contributed by atoms with van der Waals surface area (Å²) < 4.78 is 0. The lowest BCUT2D eigenvalue weighted by molar-refractivity contribution is 0.262. The first-order valence-corrected chi connectivity index (χ1v) is 8.82. The molecule has 0 spiro atoms. The highest BCUT2D eigenvalue weighted by atomic mass is 32.1. The molecule has 5 heteroatoms. The number of para-hydroxylation sites is 1. The van der Waals surface area contributed by atoms with Gasteiger partial charge in [-0.3, -0.25) is 5.32 Å². The summed E-state index contributed by atoms with van der Waals surface area (Å²) in [5, 5.41) is 6.32. The van der Waals surface area contributed by atoms with Crippen LogP contribution in [0.4, 0.5) is 15.6 Å². The SMILES string of the molecule is O=C(Nc1ccccc1)Nc1nc2c(s1)CCCc1ccccc1-2. The lowest BCUT2D eigenvalue weighted by atomic mass is 10.0. The molecule has 2 aromatic carbocycles. The number of carbonyl (C=O) groups excluding carboxylic acids is 1. The van der Waals surface area contributed by atoms with Crippen LogP contribution >= 0.6 is 11.3 Å². The van der Waals surface area contributed by atoms with Crippen LogP contribution < -0.4 is 10.6 Å². The third kappa shape index (κ3) is 3.03. The van der Waals surface area contributed by atoms with Gasteiger partial charge in [0, 0.05) is 16.1 Å². The average molecular weight is 335 g/mol. The highest BCUT2D eigenvalue weighted by Gasteiger charge is 2.19. The van der Waals surface area contributed by atoms with Gasteiger partial charge in [0.2, 0.25) is 0 Å². The van der Waals surface area contributed by atoms with E-state index >= 15 is 0 Å². The maximum atomic E-state index is 12.2. The van der Waals surface area contributed by atoms with Gasteiger partial charge < -0.3 is 5.32 Å². The van der Waals surface area contributed by atoms with E-state index in [-0.39, 0.29) is 6.03 Å². The van der Waals surface area contributed by atoms with Gasteiger partial charge in [-0.1, -0.05) is 42.5 Å². The molecule has 1 heterocycles. The summed E-state index contributed by atoms with van der Waals surface area (Å²) in [5.41, 5.74) is 4.31. The van der Waals surface area contributed by atoms with E-state index in [1.807, 2.05) is 36.4 Å². The van der Waals surface area contributed by atoms with Gasteiger partial charge >= 0.3 is 6.03 Å². The van der Waals surface area contributed by atoms with E-state index in [4.69, 9.17) is 0 Å². The van der Waals surface area contributed by atoms with Crippen LogP contribution in [0.1, 0.15) is 16.9 Å². The van der Waals surface area contributed by atoms with Crippen LogP contribution in [0.5, 0.6) is 0 Å². The van der Waals surface area contributed by atoms with E-state index in [1.54, 1.807) is 11.3 Å². The Kier molecular flexibility index (Phi) is 4.01. The van der Waals surface area contributed by atoms with E-state index in [2.05, 4.69) is 33.8 Å². The molecule has 24 heavy (non-hydrogen) atoms. The molecule has 0 fully saturated rings. The van der Waals surface area contributed by atoms with Gasteiger partial charge in [-0.15, -0.1) is 11.3 Å². The zero-order valence-electron chi connectivity index (χ0n) is 13.1. The Labute approximate surface area is 144 Å². The predicted octanol–water partition coefficient (Wildman–Crippen LogP) is 4.94. The normalized spacial score (nSPS) is 12.7. The van der Waals surface area contributed by atoms with E-state index < -0.39 is 0 Å². The zero-order chi connectivity index (χ0) is 16.4. The minimum absolute atomic E-state index is 0.265. The number of anilines is 2. The summed E-state index contributed by atoms with van der Waals surface area (Å²) in [6.45, 7) is 0. The van der Waals surface area contributed by atoms with Crippen molar-refractivity contribution in [2.75, 3.05) is 10.6 Å². The molecule has 4 nitrogen and oxygen atoms in total. The van der Waals surface area contributed by atoms with E-state index in [0.29, 0.717) is 5.13 Å². The van der Waals surface area contributed by atoms with Crippen molar-refractivity contribution in [1.82, 2.24) is 4.98 Å². The van der Waals surface area contributed by atoms with Crippen LogP contribution in [0.25, 0.3) is 11.3 Å². The maximum absolute atomic E-state index is 12.2. The van der Waals surface area contributed by atoms with E-state index in [0.717, 1.165) is 30.6 Å². The van der Waals surface area contributed by atoms with Crippen LogP contribution in [0, 0.1) is 0 Å². The fraction of sp³-hybridized carbons (Fsp3) is 0.158. The van der Waals surface area contributed by atoms with Gasteiger partial charge in [0.05, 0.1) is 5.69 Å². The molecule has 2 amide bonds. The first-order chi connectivity index (χ1) is 11.8. The standard InChI is InChI=1S/C19H17N3OS/c23-18(20-14-9-2-1-3-10-14)22-19-21-17-15-11-5-4-7-13(15)8-6-12-16(17)24-19/h1-5,7,9-11H,6,8,12H2,(H2,20,21,22,23). The predicted molar refractivity (Wildman–Crippen MR) is 98.7 cm³/mol. The number of nitrogens with zero attached hydrogens (tertiary/aromatic N) is 1. The fourth-order valence-electron chi connectivity index (χ4n) is 2.97. The average Bonchev–Trinajstić information content (AvgIpc) is 2.90. The number of benzene rings is 2. The second-order valence-corrected chi connectivity index (χ2v) is 6.83. The lowest BCUT2D eigenvalue weighted by Crippen LogP contribution is -2.19. The largest absolute Gasteiger partial charge is 0.325 e. The number of fused-ring (bicyclic) bond motifs is 3. The first kappa shape index (κ1) is 14.9. The molecule has 0 radical (unpaired) electrons. The number of urea groups is 1. The molecule has 120 valence electrons. The van der Waals surface area contributed by atoms with Crippen molar-refractivity contribution in [3.63, 3.8) is 0 Å². The molecule has 1 aliphatic carbocycles. The number of carbonyl (C=O) groups is 1. The number of amides is 2. The molecular weight excluding hydrogens is 318 g/mol. The second kappa shape index (κ2) is 6.45. The summed E-state index contributed by atoms with van der Waals surface area (Å²) in [6.07, 6.45) is 3.20. The van der Waals surface area contributed by atoms with Crippen LogP contribution in [0.15, 0.2) is 54.6 Å². The van der Waals surface area contributed by atoms with Crippen molar-refractivity contribution in [2.45, 2.75) is 19.3 Å². The fourth-order valence-corrected chi connectivity index (χ4v) is 3.99. The number of rotatable bonds is 2.